The Hall–Kier alpha value is -2.64. The first kappa shape index (κ1) is 18.2. The van der Waals surface area contributed by atoms with Gasteiger partial charge in [-0.15, -0.1) is 11.3 Å². The van der Waals surface area contributed by atoms with Crippen molar-refractivity contribution in [3.8, 4) is 11.8 Å². The predicted octanol–water partition coefficient (Wildman–Crippen LogP) is 6.32. The molecule has 0 aliphatic heterocycles. The number of unbranched alkanes of at least 4 members (excludes halogenated alkanes) is 3. The lowest BCUT2D eigenvalue weighted by Gasteiger charge is -2.09. The Morgan fingerprint density at radius 3 is 2.73 bits per heavy atom. The van der Waals surface area contributed by atoms with E-state index in [0.29, 0.717) is 12.2 Å². The van der Waals surface area contributed by atoms with Gasteiger partial charge in [0.25, 0.3) is 0 Å². The van der Waals surface area contributed by atoms with E-state index in [-0.39, 0.29) is 0 Å². The third-order valence-electron chi connectivity index (χ3n) is 4.12. The molecule has 0 radical (unpaired) electrons. The van der Waals surface area contributed by atoms with Gasteiger partial charge in [-0.3, -0.25) is 0 Å². The van der Waals surface area contributed by atoms with Gasteiger partial charge in [-0.1, -0.05) is 56.5 Å². The zero-order chi connectivity index (χ0) is 18.2. The van der Waals surface area contributed by atoms with Crippen molar-refractivity contribution >= 4 is 33.2 Å². The molecule has 2 aromatic carbocycles. The first-order valence-electron chi connectivity index (χ1n) is 9.01. The van der Waals surface area contributed by atoms with Gasteiger partial charge in [0.2, 0.25) is 0 Å². The molecule has 0 atom stereocenters. The van der Waals surface area contributed by atoms with Crippen molar-refractivity contribution in [2.45, 2.75) is 32.6 Å². The van der Waals surface area contributed by atoms with E-state index in [9.17, 15) is 5.26 Å². The molecule has 0 saturated heterocycles. The monoisotopic (exact) mass is 362 g/mol. The van der Waals surface area contributed by atoms with E-state index in [1.807, 2.05) is 54.6 Å². The molecular formula is C22H22N2OS. The lowest BCUT2D eigenvalue weighted by molar-refractivity contribution is 0.304. The number of hydrogen-bond acceptors (Lipinski definition) is 4. The topological polar surface area (TPSA) is 45.9 Å². The number of rotatable bonds is 8. The molecule has 3 aromatic rings. The Kier molecular flexibility index (Phi) is 6.40. The highest BCUT2D eigenvalue weighted by Gasteiger charge is 2.10. The van der Waals surface area contributed by atoms with Crippen LogP contribution in [0.3, 0.4) is 0 Å². The Morgan fingerprint density at radius 1 is 1.12 bits per heavy atom. The Labute approximate surface area is 158 Å². The number of fused-ring (bicyclic) bond motifs is 1. The molecule has 132 valence electrons. The highest BCUT2D eigenvalue weighted by atomic mass is 32.1. The number of ether oxygens (including phenoxy) is 1. The summed E-state index contributed by atoms with van der Waals surface area (Å²) in [4.78, 5) is 4.59. The number of nitrogens with zero attached hydrogens (tertiary/aromatic N) is 2. The van der Waals surface area contributed by atoms with E-state index in [2.05, 4.69) is 18.0 Å². The summed E-state index contributed by atoms with van der Waals surface area (Å²) < 4.78 is 7.04. The van der Waals surface area contributed by atoms with E-state index in [1.54, 1.807) is 0 Å². The largest absolute Gasteiger partial charge is 0.493 e. The quantitative estimate of drug-likeness (QED) is 0.348. The lowest BCUT2D eigenvalue weighted by Crippen LogP contribution is -1.98. The van der Waals surface area contributed by atoms with Gasteiger partial charge < -0.3 is 4.74 Å². The van der Waals surface area contributed by atoms with Gasteiger partial charge in [0.15, 0.2) is 0 Å². The van der Waals surface area contributed by atoms with Crippen molar-refractivity contribution in [3.05, 3.63) is 59.1 Å². The number of thiazole rings is 1. The summed E-state index contributed by atoms with van der Waals surface area (Å²) in [5, 5.41) is 10.4. The van der Waals surface area contributed by atoms with Gasteiger partial charge >= 0.3 is 0 Å². The first-order valence-corrected chi connectivity index (χ1v) is 9.83. The molecule has 0 N–H and O–H groups in total. The second-order valence-corrected chi connectivity index (χ2v) is 7.13. The van der Waals surface area contributed by atoms with Crippen molar-refractivity contribution in [2.24, 2.45) is 0 Å². The molecule has 0 bridgehead atoms. The summed E-state index contributed by atoms with van der Waals surface area (Å²) in [5.41, 5.74) is 2.40. The molecule has 0 aliphatic carbocycles. The van der Waals surface area contributed by atoms with Crippen LogP contribution in [0.5, 0.6) is 5.75 Å². The van der Waals surface area contributed by atoms with Crippen LogP contribution in [0.25, 0.3) is 21.9 Å². The maximum absolute atomic E-state index is 9.64. The van der Waals surface area contributed by atoms with Gasteiger partial charge in [0.05, 0.1) is 22.4 Å². The minimum atomic E-state index is 0.563. The van der Waals surface area contributed by atoms with Gasteiger partial charge in [-0.05, 0) is 30.7 Å². The second-order valence-electron chi connectivity index (χ2n) is 6.10. The van der Waals surface area contributed by atoms with E-state index in [0.717, 1.165) is 33.0 Å². The normalized spacial score (nSPS) is 11.5. The molecular weight excluding hydrogens is 340 g/mol. The third kappa shape index (κ3) is 4.50. The fraction of sp³-hybridized carbons (Fsp3) is 0.273. The van der Waals surface area contributed by atoms with Crippen LogP contribution in [0.4, 0.5) is 0 Å². The number of aromatic nitrogens is 1. The van der Waals surface area contributed by atoms with Crippen LogP contribution in [0.2, 0.25) is 0 Å². The van der Waals surface area contributed by atoms with Crippen LogP contribution in [0.15, 0.2) is 48.5 Å². The molecule has 0 fully saturated rings. The van der Waals surface area contributed by atoms with Gasteiger partial charge in [-0.25, -0.2) is 4.98 Å². The molecule has 0 unspecified atom stereocenters. The van der Waals surface area contributed by atoms with Crippen LogP contribution >= 0.6 is 11.3 Å². The van der Waals surface area contributed by atoms with E-state index in [4.69, 9.17) is 4.74 Å². The van der Waals surface area contributed by atoms with Crippen LogP contribution in [-0.4, -0.2) is 11.6 Å². The van der Waals surface area contributed by atoms with Crippen molar-refractivity contribution in [1.82, 2.24) is 4.98 Å². The van der Waals surface area contributed by atoms with Crippen molar-refractivity contribution < 1.29 is 4.74 Å². The predicted molar refractivity (Wildman–Crippen MR) is 109 cm³/mol. The number of allylic oxidation sites excluding steroid dienone is 1. The summed E-state index contributed by atoms with van der Waals surface area (Å²) in [6.07, 6.45) is 6.56. The third-order valence-corrected chi connectivity index (χ3v) is 5.19. The minimum absolute atomic E-state index is 0.563. The number of nitriles is 1. The Morgan fingerprint density at radius 2 is 1.92 bits per heavy atom. The molecule has 4 heteroatoms. The average Bonchev–Trinajstić information content (AvgIpc) is 3.11. The lowest BCUT2D eigenvalue weighted by atomic mass is 10.1. The Bertz CT molecular complexity index is 903. The highest BCUT2D eigenvalue weighted by Crippen LogP contribution is 2.30. The van der Waals surface area contributed by atoms with E-state index in [1.165, 1.54) is 30.6 Å². The second kappa shape index (κ2) is 9.17. The maximum atomic E-state index is 9.64. The Balaban J connectivity index is 1.82. The van der Waals surface area contributed by atoms with Crippen molar-refractivity contribution in [2.75, 3.05) is 6.61 Å². The number of hydrogen-bond donors (Lipinski definition) is 0. The van der Waals surface area contributed by atoms with Gasteiger partial charge in [-0.2, -0.15) is 5.26 Å². The molecule has 0 spiro atoms. The molecule has 0 aliphatic rings. The van der Waals surface area contributed by atoms with Gasteiger partial charge in [0.1, 0.15) is 16.8 Å². The zero-order valence-electron chi connectivity index (χ0n) is 14.9. The molecule has 1 heterocycles. The fourth-order valence-corrected chi connectivity index (χ4v) is 3.66. The molecule has 3 rings (SSSR count). The summed E-state index contributed by atoms with van der Waals surface area (Å²) in [5.74, 6) is 0.817. The van der Waals surface area contributed by atoms with Crippen LogP contribution in [0, 0.1) is 11.3 Å². The fourth-order valence-electron chi connectivity index (χ4n) is 2.73. The SMILES string of the molecule is CCCCCCOc1ccccc1/C=C(\C#N)c1nc2ccccc2s1. The maximum Gasteiger partial charge on any atom is 0.135 e. The molecule has 0 amide bonds. The molecule has 3 nitrogen and oxygen atoms in total. The minimum Gasteiger partial charge on any atom is -0.493 e. The van der Waals surface area contributed by atoms with Crippen molar-refractivity contribution in [1.29, 1.82) is 5.26 Å². The summed E-state index contributed by atoms with van der Waals surface area (Å²) >= 11 is 1.54. The van der Waals surface area contributed by atoms with Crippen LogP contribution in [-0.2, 0) is 0 Å². The summed E-state index contributed by atoms with van der Waals surface area (Å²) in [6.45, 7) is 2.90. The van der Waals surface area contributed by atoms with Gasteiger partial charge in [0, 0.05) is 5.56 Å². The van der Waals surface area contributed by atoms with Crippen molar-refractivity contribution in [3.63, 3.8) is 0 Å². The standard InChI is InChI=1S/C22H22N2OS/c1-2-3-4-9-14-25-20-12-7-5-10-17(20)15-18(16-23)22-24-19-11-6-8-13-21(19)26-22/h5-8,10-13,15H,2-4,9,14H2,1H3/b18-15+. The van der Waals surface area contributed by atoms with E-state index >= 15 is 0 Å². The number of benzene rings is 2. The summed E-state index contributed by atoms with van der Waals surface area (Å²) in [7, 11) is 0. The zero-order valence-corrected chi connectivity index (χ0v) is 15.8. The first-order chi connectivity index (χ1) is 12.8. The molecule has 26 heavy (non-hydrogen) atoms. The summed E-state index contributed by atoms with van der Waals surface area (Å²) in [6, 6.07) is 18.1. The highest BCUT2D eigenvalue weighted by molar-refractivity contribution is 7.19. The van der Waals surface area contributed by atoms with E-state index < -0.39 is 0 Å². The number of para-hydroxylation sites is 2. The smallest absolute Gasteiger partial charge is 0.135 e. The average molecular weight is 362 g/mol. The molecule has 0 saturated carbocycles. The molecule has 1 aromatic heterocycles. The van der Waals surface area contributed by atoms with Crippen LogP contribution < -0.4 is 4.74 Å². The van der Waals surface area contributed by atoms with Crippen LogP contribution in [0.1, 0.15) is 43.2 Å².